The third-order valence-electron chi connectivity index (χ3n) is 4.04. The van der Waals surface area contributed by atoms with Gasteiger partial charge in [-0.25, -0.2) is 13.9 Å². The van der Waals surface area contributed by atoms with Gasteiger partial charge in [0.15, 0.2) is 6.61 Å². The summed E-state index contributed by atoms with van der Waals surface area (Å²) in [6.45, 7) is 0.401. The molecule has 0 aliphatic rings. The molecule has 4 aromatic rings. The monoisotopic (exact) mass is 405 g/mol. The van der Waals surface area contributed by atoms with Crippen molar-refractivity contribution < 1.29 is 18.4 Å². The van der Waals surface area contributed by atoms with Crippen LogP contribution in [0.2, 0.25) is 0 Å². The molecule has 0 saturated carbocycles. The second-order valence-electron chi connectivity index (χ2n) is 6.29. The van der Waals surface area contributed by atoms with Crippen LogP contribution in [-0.4, -0.2) is 31.1 Å². The lowest BCUT2D eigenvalue weighted by Crippen LogP contribution is -2.01. The molecule has 9 heteroatoms. The summed E-state index contributed by atoms with van der Waals surface area (Å²) < 4.78 is 24.8. The number of hydrogen-bond acceptors (Lipinski definition) is 7. The van der Waals surface area contributed by atoms with E-state index in [1.165, 1.54) is 36.4 Å². The first-order valence-electron chi connectivity index (χ1n) is 9.03. The van der Waals surface area contributed by atoms with Crippen LogP contribution in [0.15, 0.2) is 71.4 Å². The van der Waals surface area contributed by atoms with Gasteiger partial charge in [-0.15, -0.1) is 5.10 Å². The van der Waals surface area contributed by atoms with Crippen LogP contribution in [0.1, 0.15) is 17.1 Å². The molecule has 0 aliphatic carbocycles. The molecule has 0 unspecified atom stereocenters. The molecule has 0 saturated heterocycles. The summed E-state index contributed by atoms with van der Waals surface area (Å²) >= 11 is 0. The Hall–Kier alpha value is -4.14. The number of carbonyl (C=O) groups excluding carboxylic acids is 1. The number of esters is 1. The van der Waals surface area contributed by atoms with E-state index >= 15 is 0 Å². The van der Waals surface area contributed by atoms with Crippen LogP contribution < -0.4 is 0 Å². The molecular formula is C21H16FN5O3. The molecule has 0 aliphatic heterocycles. The molecule has 30 heavy (non-hydrogen) atoms. The van der Waals surface area contributed by atoms with Crippen LogP contribution in [-0.2, 0) is 22.7 Å². The standard InChI is InChI=1S/C21H16FN5O3/c22-17-8-6-16(7-9-17)21-23-19(30-25-21)14-29-20(28)11-10-18-13-27(26-24-18)12-15-4-2-1-3-5-15/h1-11,13H,12,14H2/b11-10+. The van der Waals surface area contributed by atoms with Gasteiger partial charge in [0.25, 0.3) is 5.89 Å². The number of rotatable bonds is 7. The minimum Gasteiger partial charge on any atom is -0.452 e. The van der Waals surface area contributed by atoms with E-state index in [4.69, 9.17) is 9.26 Å². The zero-order chi connectivity index (χ0) is 20.8. The van der Waals surface area contributed by atoms with Crippen molar-refractivity contribution in [2.45, 2.75) is 13.2 Å². The number of aromatic nitrogens is 5. The Morgan fingerprint density at radius 2 is 1.93 bits per heavy atom. The molecule has 0 atom stereocenters. The van der Waals surface area contributed by atoms with Crippen molar-refractivity contribution in [1.29, 1.82) is 0 Å². The van der Waals surface area contributed by atoms with Gasteiger partial charge in [0.2, 0.25) is 5.82 Å². The topological polar surface area (TPSA) is 95.9 Å². The second-order valence-corrected chi connectivity index (χ2v) is 6.29. The molecule has 0 amide bonds. The SMILES string of the molecule is O=C(/C=C/c1cn(Cc2ccccc2)nn1)OCc1nc(-c2ccc(F)cc2)no1. The van der Waals surface area contributed by atoms with Gasteiger partial charge in [0, 0.05) is 11.6 Å². The van der Waals surface area contributed by atoms with Crippen molar-refractivity contribution in [2.75, 3.05) is 0 Å². The van der Waals surface area contributed by atoms with Crippen molar-refractivity contribution in [2.24, 2.45) is 0 Å². The highest BCUT2D eigenvalue weighted by Crippen LogP contribution is 2.16. The molecule has 0 spiro atoms. The lowest BCUT2D eigenvalue weighted by Gasteiger charge is -1.99. The Morgan fingerprint density at radius 1 is 1.13 bits per heavy atom. The average Bonchev–Trinajstić information content (AvgIpc) is 3.42. The van der Waals surface area contributed by atoms with E-state index in [-0.39, 0.29) is 24.1 Å². The summed E-state index contributed by atoms with van der Waals surface area (Å²) in [5.74, 6) is -0.533. The van der Waals surface area contributed by atoms with Gasteiger partial charge in [-0.1, -0.05) is 40.7 Å². The highest BCUT2D eigenvalue weighted by atomic mass is 19.1. The summed E-state index contributed by atoms with van der Waals surface area (Å²) in [6.07, 6.45) is 4.48. The van der Waals surface area contributed by atoms with Crippen LogP contribution in [0, 0.1) is 5.82 Å². The van der Waals surface area contributed by atoms with Crippen LogP contribution >= 0.6 is 0 Å². The Morgan fingerprint density at radius 3 is 2.73 bits per heavy atom. The van der Waals surface area contributed by atoms with Crippen LogP contribution in [0.3, 0.4) is 0 Å². The number of carbonyl (C=O) groups is 1. The summed E-state index contributed by atoms with van der Waals surface area (Å²) in [7, 11) is 0. The molecule has 4 rings (SSSR count). The molecule has 0 fully saturated rings. The van der Waals surface area contributed by atoms with E-state index in [1.807, 2.05) is 30.3 Å². The third-order valence-corrected chi connectivity index (χ3v) is 4.04. The van der Waals surface area contributed by atoms with Crippen molar-refractivity contribution in [3.05, 3.63) is 89.8 Å². The van der Waals surface area contributed by atoms with E-state index in [1.54, 1.807) is 10.9 Å². The first kappa shape index (κ1) is 19.2. The van der Waals surface area contributed by atoms with Gasteiger partial charge >= 0.3 is 5.97 Å². The van der Waals surface area contributed by atoms with Crippen LogP contribution in [0.25, 0.3) is 17.5 Å². The smallest absolute Gasteiger partial charge is 0.331 e. The summed E-state index contributed by atoms with van der Waals surface area (Å²) in [5.41, 5.74) is 2.22. The van der Waals surface area contributed by atoms with Gasteiger partial charge in [-0.05, 0) is 35.9 Å². The molecule has 0 radical (unpaired) electrons. The van der Waals surface area contributed by atoms with Gasteiger partial charge in [-0.2, -0.15) is 4.98 Å². The fraction of sp³-hybridized carbons (Fsp3) is 0.0952. The zero-order valence-corrected chi connectivity index (χ0v) is 15.7. The Bertz CT molecular complexity index is 1150. The maximum absolute atomic E-state index is 13.0. The lowest BCUT2D eigenvalue weighted by molar-refractivity contribution is -0.139. The van der Waals surface area contributed by atoms with Gasteiger partial charge < -0.3 is 9.26 Å². The largest absolute Gasteiger partial charge is 0.452 e. The maximum atomic E-state index is 13.0. The van der Waals surface area contributed by atoms with Gasteiger partial charge in [0.05, 0.1) is 12.7 Å². The normalized spacial score (nSPS) is 11.1. The minimum absolute atomic E-state index is 0.130. The van der Waals surface area contributed by atoms with E-state index in [0.717, 1.165) is 5.56 Å². The Labute approximate surface area is 170 Å². The highest BCUT2D eigenvalue weighted by molar-refractivity contribution is 5.86. The lowest BCUT2D eigenvalue weighted by atomic mass is 10.2. The highest BCUT2D eigenvalue weighted by Gasteiger charge is 2.10. The molecule has 150 valence electrons. The van der Waals surface area contributed by atoms with Crippen LogP contribution in [0.5, 0.6) is 0 Å². The first-order valence-corrected chi connectivity index (χ1v) is 9.03. The predicted molar refractivity (Wildman–Crippen MR) is 104 cm³/mol. The summed E-state index contributed by atoms with van der Waals surface area (Å²) in [4.78, 5) is 16.0. The molecule has 2 heterocycles. The van der Waals surface area contributed by atoms with Crippen molar-refractivity contribution >= 4 is 12.0 Å². The maximum Gasteiger partial charge on any atom is 0.331 e. The Balaban J connectivity index is 1.29. The number of ether oxygens (including phenoxy) is 1. The first-order chi connectivity index (χ1) is 14.7. The van der Waals surface area contributed by atoms with Crippen molar-refractivity contribution in [3.8, 4) is 11.4 Å². The third kappa shape index (κ3) is 5.02. The van der Waals surface area contributed by atoms with Crippen molar-refractivity contribution in [3.63, 3.8) is 0 Å². The molecule has 0 bridgehead atoms. The number of hydrogen-bond donors (Lipinski definition) is 0. The molecule has 8 nitrogen and oxygen atoms in total. The minimum atomic E-state index is -0.589. The number of benzene rings is 2. The number of nitrogens with zero attached hydrogens (tertiary/aromatic N) is 5. The van der Waals surface area contributed by atoms with E-state index in [0.29, 0.717) is 17.8 Å². The van der Waals surface area contributed by atoms with Crippen molar-refractivity contribution in [1.82, 2.24) is 25.1 Å². The second kappa shape index (κ2) is 8.91. The fourth-order valence-electron chi connectivity index (χ4n) is 2.60. The fourth-order valence-corrected chi connectivity index (χ4v) is 2.60. The quantitative estimate of drug-likeness (QED) is 0.344. The summed E-state index contributed by atoms with van der Waals surface area (Å²) in [5, 5.41) is 11.8. The zero-order valence-electron chi connectivity index (χ0n) is 15.7. The molecule has 2 aromatic heterocycles. The van der Waals surface area contributed by atoms with Crippen LogP contribution in [0.4, 0.5) is 4.39 Å². The van der Waals surface area contributed by atoms with Gasteiger partial charge in [0.1, 0.15) is 11.5 Å². The van der Waals surface area contributed by atoms with Gasteiger partial charge in [-0.3, -0.25) is 0 Å². The molecule has 0 N–H and O–H groups in total. The van der Waals surface area contributed by atoms with E-state index in [2.05, 4.69) is 20.5 Å². The van der Waals surface area contributed by atoms with E-state index < -0.39 is 5.97 Å². The van der Waals surface area contributed by atoms with E-state index in [9.17, 15) is 9.18 Å². The average molecular weight is 405 g/mol. The summed E-state index contributed by atoms with van der Waals surface area (Å²) in [6, 6.07) is 15.5. The number of halogens is 1. The molecule has 2 aromatic carbocycles. The Kier molecular flexibility index (Phi) is 5.70. The predicted octanol–water partition coefficient (Wildman–Crippen LogP) is 3.27. The molecular weight excluding hydrogens is 389 g/mol.